The van der Waals surface area contributed by atoms with Crippen LogP contribution in [0.5, 0.6) is 11.5 Å². The molecule has 2 N–H and O–H groups in total. The Bertz CT molecular complexity index is 866. The quantitative estimate of drug-likeness (QED) is 0.458. The number of amides is 1. The highest BCUT2D eigenvalue weighted by Crippen LogP contribution is 2.16. The third-order valence-corrected chi connectivity index (χ3v) is 4.52. The minimum Gasteiger partial charge on any atom is -0.490 e. The highest BCUT2D eigenvalue weighted by molar-refractivity contribution is 7.80. The molecule has 0 saturated carbocycles. The number of anilines is 1. The zero-order valence-corrected chi connectivity index (χ0v) is 16.0. The van der Waals surface area contributed by atoms with Gasteiger partial charge in [-0.1, -0.05) is 24.3 Å². The number of benzene rings is 2. The van der Waals surface area contributed by atoms with E-state index in [0.29, 0.717) is 18.1 Å². The molecule has 7 heteroatoms. The number of carbonyl (C=O) groups excluding carboxylic acids is 1. The maximum absolute atomic E-state index is 11.9. The fraction of sp³-hybridized carbons (Fsp3) is 0.100. The number of para-hydroxylation sites is 1. The van der Waals surface area contributed by atoms with Gasteiger partial charge in [-0.05, 0) is 60.1 Å². The van der Waals surface area contributed by atoms with E-state index in [2.05, 4.69) is 10.6 Å². The molecule has 1 heterocycles. The van der Waals surface area contributed by atoms with Crippen molar-refractivity contribution in [2.45, 2.75) is 0 Å². The van der Waals surface area contributed by atoms with E-state index in [0.717, 1.165) is 17.2 Å². The largest absolute Gasteiger partial charge is 0.490 e. The fourth-order valence-electron chi connectivity index (χ4n) is 2.21. The van der Waals surface area contributed by atoms with Gasteiger partial charge >= 0.3 is 0 Å². The summed E-state index contributed by atoms with van der Waals surface area (Å²) in [5.41, 5.74) is 0.763. The van der Waals surface area contributed by atoms with Crippen molar-refractivity contribution in [3.05, 3.63) is 77.0 Å². The monoisotopic (exact) mass is 398 g/mol. The number of carbonyl (C=O) groups is 1. The zero-order chi connectivity index (χ0) is 18.9. The molecular formula is C20H18N2O3S2. The van der Waals surface area contributed by atoms with E-state index in [-0.39, 0.29) is 11.0 Å². The Morgan fingerprint density at radius 2 is 1.56 bits per heavy atom. The lowest BCUT2D eigenvalue weighted by atomic mass is 10.3. The Morgan fingerprint density at radius 1 is 0.889 bits per heavy atom. The molecule has 1 amide bonds. The predicted molar refractivity (Wildman–Crippen MR) is 112 cm³/mol. The van der Waals surface area contributed by atoms with Gasteiger partial charge < -0.3 is 14.8 Å². The van der Waals surface area contributed by atoms with Gasteiger partial charge in [0.2, 0.25) is 0 Å². The maximum Gasteiger partial charge on any atom is 0.267 e. The predicted octanol–water partition coefficient (Wildman–Crippen LogP) is 4.33. The first-order valence-corrected chi connectivity index (χ1v) is 9.56. The van der Waals surface area contributed by atoms with E-state index in [1.165, 1.54) is 11.3 Å². The molecule has 2 aromatic carbocycles. The molecule has 5 nitrogen and oxygen atoms in total. The highest BCUT2D eigenvalue weighted by atomic mass is 32.1. The van der Waals surface area contributed by atoms with E-state index >= 15 is 0 Å². The van der Waals surface area contributed by atoms with Gasteiger partial charge in [-0.15, -0.1) is 11.3 Å². The Hall–Kier alpha value is -2.90. The Morgan fingerprint density at radius 3 is 2.19 bits per heavy atom. The molecule has 0 aliphatic carbocycles. The molecule has 0 bridgehead atoms. The average molecular weight is 399 g/mol. The second kappa shape index (κ2) is 9.70. The number of hydrogen-bond donors (Lipinski definition) is 2. The number of nitrogens with one attached hydrogen (secondary N) is 2. The summed E-state index contributed by atoms with van der Waals surface area (Å²) in [4.78, 5) is 12.6. The van der Waals surface area contributed by atoms with Crippen LogP contribution in [0.15, 0.2) is 72.1 Å². The van der Waals surface area contributed by atoms with Gasteiger partial charge in [-0.25, -0.2) is 0 Å². The molecule has 0 unspecified atom stereocenters. The second-order valence-corrected chi connectivity index (χ2v) is 6.78. The van der Waals surface area contributed by atoms with Gasteiger partial charge in [0, 0.05) is 5.69 Å². The van der Waals surface area contributed by atoms with Crippen molar-refractivity contribution in [1.29, 1.82) is 0 Å². The van der Waals surface area contributed by atoms with Crippen molar-refractivity contribution in [2.24, 2.45) is 0 Å². The average Bonchev–Trinajstić information content (AvgIpc) is 3.22. The molecular weight excluding hydrogens is 380 g/mol. The number of thiophene rings is 1. The van der Waals surface area contributed by atoms with E-state index < -0.39 is 0 Å². The third kappa shape index (κ3) is 6.09. The SMILES string of the molecule is O=C(NC(=S)Nc1ccc(OCCOc2ccccc2)cc1)c1cccs1. The summed E-state index contributed by atoms with van der Waals surface area (Å²) in [5, 5.41) is 7.71. The standard InChI is InChI=1S/C20H18N2O3S2/c23-19(18-7-4-14-27-18)22-20(26)21-15-8-10-17(11-9-15)25-13-12-24-16-5-2-1-3-6-16/h1-11,14H,12-13H2,(H2,21,22,23,26). The minimum absolute atomic E-state index is 0.221. The van der Waals surface area contributed by atoms with Crippen LogP contribution in [0.4, 0.5) is 5.69 Å². The molecule has 0 radical (unpaired) electrons. The van der Waals surface area contributed by atoms with Gasteiger partial charge in [0.05, 0.1) is 4.88 Å². The summed E-state index contributed by atoms with van der Waals surface area (Å²) >= 11 is 6.53. The molecule has 3 aromatic rings. The van der Waals surface area contributed by atoms with Gasteiger partial charge in [-0.3, -0.25) is 10.1 Å². The molecule has 1 aromatic heterocycles. The van der Waals surface area contributed by atoms with Crippen LogP contribution in [0.1, 0.15) is 9.67 Å². The molecule has 0 saturated heterocycles. The molecule has 3 rings (SSSR count). The van der Waals surface area contributed by atoms with Crippen molar-refractivity contribution < 1.29 is 14.3 Å². The van der Waals surface area contributed by atoms with Crippen molar-refractivity contribution in [2.75, 3.05) is 18.5 Å². The summed E-state index contributed by atoms with van der Waals surface area (Å²) < 4.78 is 11.2. The van der Waals surface area contributed by atoms with Crippen molar-refractivity contribution >= 4 is 40.3 Å². The number of rotatable bonds is 7. The van der Waals surface area contributed by atoms with E-state index in [9.17, 15) is 4.79 Å². The van der Waals surface area contributed by atoms with Crippen LogP contribution in [0, 0.1) is 0 Å². The molecule has 138 valence electrons. The Labute approximate surface area is 166 Å². The van der Waals surface area contributed by atoms with E-state index in [4.69, 9.17) is 21.7 Å². The van der Waals surface area contributed by atoms with E-state index in [1.807, 2.05) is 66.0 Å². The molecule has 0 spiro atoms. The third-order valence-electron chi connectivity index (χ3n) is 3.45. The van der Waals surface area contributed by atoms with Crippen LogP contribution >= 0.6 is 23.6 Å². The zero-order valence-electron chi connectivity index (χ0n) is 14.4. The maximum atomic E-state index is 11.9. The van der Waals surface area contributed by atoms with Crippen LogP contribution in [0.3, 0.4) is 0 Å². The van der Waals surface area contributed by atoms with Gasteiger partial charge in [0.15, 0.2) is 5.11 Å². The Balaban J connectivity index is 1.40. The normalized spacial score (nSPS) is 10.1. The summed E-state index contributed by atoms with van der Waals surface area (Å²) in [6.07, 6.45) is 0. The summed E-state index contributed by atoms with van der Waals surface area (Å²) in [5.74, 6) is 1.32. The summed E-state index contributed by atoms with van der Waals surface area (Å²) in [6.45, 7) is 0.903. The van der Waals surface area contributed by atoms with Crippen LogP contribution < -0.4 is 20.1 Å². The van der Waals surface area contributed by atoms with E-state index in [1.54, 1.807) is 6.07 Å². The van der Waals surface area contributed by atoms with Gasteiger partial charge in [-0.2, -0.15) is 0 Å². The lowest BCUT2D eigenvalue weighted by molar-refractivity contribution is 0.0981. The highest BCUT2D eigenvalue weighted by Gasteiger charge is 2.08. The molecule has 0 aliphatic heterocycles. The lowest BCUT2D eigenvalue weighted by Crippen LogP contribution is -2.33. The number of ether oxygens (including phenoxy) is 2. The summed E-state index contributed by atoms with van der Waals surface area (Å²) in [6, 6.07) is 20.5. The Kier molecular flexibility index (Phi) is 6.78. The van der Waals surface area contributed by atoms with Gasteiger partial charge in [0.1, 0.15) is 24.7 Å². The molecule has 0 aliphatic rings. The topological polar surface area (TPSA) is 59.6 Å². The summed E-state index contributed by atoms with van der Waals surface area (Å²) in [7, 11) is 0. The number of thiocarbonyl (C=S) groups is 1. The molecule has 27 heavy (non-hydrogen) atoms. The first kappa shape index (κ1) is 18.9. The van der Waals surface area contributed by atoms with Crippen LogP contribution in [0.2, 0.25) is 0 Å². The first-order chi connectivity index (χ1) is 13.2. The van der Waals surface area contributed by atoms with Crippen LogP contribution in [0.25, 0.3) is 0 Å². The van der Waals surface area contributed by atoms with Crippen LogP contribution in [-0.4, -0.2) is 24.2 Å². The number of hydrogen-bond acceptors (Lipinski definition) is 5. The van der Waals surface area contributed by atoms with Crippen molar-refractivity contribution in [1.82, 2.24) is 5.32 Å². The minimum atomic E-state index is -0.221. The van der Waals surface area contributed by atoms with Gasteiger partial charge in [0.25, 0.3) is 5.91 Å². The van der Waals surface area contributed by atoms with Crippen molar-refractivity contribution in [3.63, 3.8) is 0 Å². The second-order valence-electron chi connectivity index (χ2n) is 5.42. The molecule has 0 atom stereocenters. The van der Waals surface area contributed by atoms with Crippen LogP contribution in [-0.2, 0) is 0 Å². The smallest absolute Gasteiger partial charge is 0.267 e. The lowest BCUT2D eigenvalue weighted by Gasteiger charge is -2.11. The van der Waals surface area contributed by atoms with Crippen molar-refractivity contribution in [3.8, 4) is 11.5 Å². The molecule has 0 fully saturated rings. The first-order valence-electron chi connectivity index (χ1n) is 8.27. The fourth-order valence-corrected chi connectivity index (χ4v) is 3.03.